The van der Waals surface area contributed by atoms with Crippen LogP contribution < -0.4 is 15.8 Å². The molecule has 1 amide bonds. The predicted molar refractivity (Wildman–Crippen MR) is 81.5 cm³/mol. The van der Waals surface area contributed by atoms with Crippen molar-refractivity contribution in [2.24, 2.45) is 5.73 Å². The Labute approximate surface area is 133 Å². The fourth-order valence-electron chi connectivity index (χ4n) is 1.58. The van der Waals surface area contributed by atoms with Crippen molar-refractivity contribution in [1.82, 2.24) is 0 Å². The fraction of sp³-hybridized carbons (Fsp3) is 0.500. The highest BCUT2D eigenvalue weighted by atomic mass is 35.5. The minimum Gasteiger partial charge on any atom is -0.482 e. The molecule has 0 aliphatic heterocycles. The van der Waals surface area contributed by atoms with Crippen molar-refractivity contribution < 1.29 is 22.7 Å². The Morgan fingerprint density at radius 1 is 1.41 bits per heavy atom. The average molecular weight is 341 g/mol. The Kier molecular flexibility index (Phi) is 8.26. The van der Waals surface area contributed by atoms with E-state index in [0.717, 1.165) is 5.56 Å². The van der Waals surface area contributed by atoms with Gasteiger partial charge in [0.15, 0.2) is 6.61 Å². The zero-order valence-electron chi connectivity index (χ0n) is 12.4. The molecule has 1 unspecified atom stereocenters. The molecule has 0 saturated heterocycles. The zero-order chi connectivity index (χ0) is 16.0. The number of hydrogen-bond donors (Lipinski definition) is 2. The number of benzene rings is 1. The minimum absolute atomic E-state index is 0. The van der Waals surface area contributed by atoms with Crippen molar-refractivity contribution in [3.63, 3.8) is 0 Å². The molecule has 0 aliphatic carbocycles. The zero-order valence-corrected chi connectivity index (χ0v) is 13.2. The van der Waals surface area contributed by atoms with Gasteiger partial charge < -0.3 is 15.8 Å². The van der Waals surface area contributed by atoms with E-state index in [1.54, 1.807) is 19.9 Å². The van der Waals surface area contributed by atoms with Gasteiger partial charge in [-0.2, -0.15) is 13.2 Å². The molecular weight excluding hydrogens is 321 g/mol. The van der Waals surface area contributed by atoms with Gasteiger partial charge in [-0.3, -0.25) is 4.79 Å². The van der Waals surface area contributed by atoms with Crippen molar-refractivity contribution in [1.29, 1.82) is 0 Å². The smallest absolute Gasteiger partial charge is 0.422 e. The Hall–Kier alpha value is -1.47. The lowest BCUT2D eigenvalue weighted by molar-refractivity contribution is -0.153. The van der Waals surface area contributed by atoms with E-state index < -0.39 is 12.8 Å². The molecule has 1 rings (SSSR count). The molecule has 0 aliphatic rings. The molecule has 4 nitrogen and oxygen atoms in total. The highest BCUT2D eigenvalue weighted by Gasteiger charge is 2.29. The normalized spacial score (nSPS) is 12.3. The summed E-state index contributed by atoms with van der Waals surface area (Å²) in [6.45, 7) is 2.10. The highest BCUT2D eigenvalue weighted by Crippen LogP contribution is 2.28. The van der Waals surface area contributed by atoms with E-state index in [1.807, 2.05) is 0 Å². The van der Waals surface area contributed by atoms with Gasteiger partial charge >= 0.3 is 6.18 Å². The molecule has 0 bridgehead atoms. The van der Waals surface area contributed by atoms with Crippen LogP contribution in [0.1, 0.15) is 25.3 Å². The quantitative estimate of drug-likeness (QED) is 0.834. The standard InChI is InChI=1S/C14H19F3N2O2.ClH/c1-9-3-5-11(19-13(20)6-4-10(2)18)12(7-9)21-8-14(15,16)17;/h3,5,7,10H,4,6,8,18H2,1-2H3,(H,19,20);1H. The number of aryl methyl sites for hydroxylation is 1. The number of nitrogens with one attached hydrogen (secondary N) is 1. The Morgan fingerprint density at radius 2 is 2.05 bits per heavy atom. The number of alkyl halides is 3. The maximum Gasteiger partial charge on any atom is 0.422 e. The van der Waals surface area contributed by atoms with Crippen molar-refractivity contribution in [3.8, 4) is 5.75 Å². The first-order valence-electron chi connectivity index (χ1n) is 6.53. The molecular formula is C14H20ClF3N2O2. The number of carbonyl (C=O) groups is 1. The number of hydrogen-bond acceptors (Lipinski definition) is 3. The molecule has 0 spiro atoms. The maximum atomic E-state index is 12.2. The summed E-state index contributed by atoms with van der Waals surface area (Å²) in [5, 5.41) is 2.54. The Morgan fingerprint density at radius 3 is 2.59 bits per heavy atom. The minimum atomic E-state index is -4.43. The van der Waals surface area contributed by atoms with Crippen LogP contribution in [-0.4, -0.2) is 24.7 Å². The van der Waals surface area contributed by atoms with Gasteiger partial charge in [-0.05, 0) is 38.0 Å². The second-order valence-corrected chi connectivity index (χ2v) is 4.97. The molecule has 0 heterocycles. The van der Waals surface area contributed by atoms with Crippen LogP contribution in [0.15, 0.2) is 18.2 Å². The molecule has 0 radical (unpaired) electrons. The molecule has 0 fully saturated rings. The Bertz CT molecular complexity index is 493. The molecule has 0 saturated carbocycles. The molecule has 1 atom stereocenters. The highest BCUT2D eigenvalue weighted by molar-refractivity contribution is 5.92. The summed E-state index contributed by atoms with van der Waals surface area (Å²) in [5.41, 5.74) is 6.51. The summed E-state index contributed by atoms with van der Waals surface area (Å²) in [6, 6.07) is 4.54. The van der Waals surface area contributed by atoms with Gasteiger partial charge in [0.05, 0.1) is 5.69 Å². The van der Waals surface area contributed by atoms with Gasteiger partial charge in [0.2, 0.25) is 5.91 Å². The van der Waals surface area contributed by atoms with E-state index in [1.165, 1.54) is 12.1 Å². The fourth-order valence-corrected chi connectivity index (χ4v) is 1.58. The van der Waals surface area contributed by atoms with Gasteiger partial charge in [0.25, 0.3) is 0 Å². The summed E-state index contributed by atoms with van der Waals surface area (Å²) >= 11 is 0. The number of halogens is 4. The average Bonchev–Trinajstić information content (AvgIpc) is 2.35. The van der Waals surface area contributed by atoms with Gasteiger partial charge in [-0.15, -0.1) is 12.4 Å². The third kappa shape index (κ3) is 8.09. The first kappa shape index (κ1) is 20.5. The van der Waals surface area contributed by atoms with Crippen LogP contribution in [0.4, 0.5) is 18.9 Å². The molecule has 1 aromatic carbocycles. The summed E-state index contributed by atoms with van der Waals surface area (Å²) in [7, 11) is 0. The molecule has 1 aromatic rings. The SMILES string of the molecule is Cc1ccc(NC(=O)CCC(C)N)c(OCC(F)(F)F)c1.Cl. The van der Waals surface area contributed by atoms with Crippen LogP contribution in [-0.2, 0) is 4.79 Å². The van der Waals surface area contributed by atoms with E-state index in [-0.39, 0.29) is 42.2 Å². The van der Waals surface area contributed by atoms with E-state index >= 15 is 0 Å². The summed E-state index contributed by atoms with van der Waals surface area (Å²) in [4.78, 5) is 11.7. The number of carbonyl (C=O) groups excluding carboxylic acids is 1. The lowest BCUT2D eigenvalue weighted by atomic mass is 10.1. The second-order valence-electron chi connectivity index (χ2n) is 4.97. The monoisotopic (exact) mass is 340 g/mol. The largest absolute Gasteiger partial charge is 0.482 e. The van der Waals surface area contributed by atoms with Gasteiger partial charge in [0.1, 0.15) is 5.75 Å². The molecule has 126 valence electrons. The first-order valence-corrected chi connectivity index (χ1v) is 6.53. The lowest BCUT2D eigenvalue weighted by Crippen LogP contribution is -2.21. The second kappa shape index (κ2) is 8.85. The van der Waals surface area contributed by atoms with Crippen molar-refractivity contribution in [2.75, 3.05) is 11.9 Å². The number of anilines is 1. The van der Waals surface area contributed by atoms with Gasteiger partial charge in [-0.1, -0.05) is 6.07 Å². The summed E-state index contributed by atoms with van der Waals surface area (Å²) < 4.78 is 41.4. The predicted octanol–water partition coefficient (Wildman–Crippen LogP) is 3.42. The number of ether oxygens (including phenoxy) is 1. The van der Waals surface area contributed by atoms with Crippen LogP contribution in [0.3, 0.4) is 0 Å². The molecule has 8 heteroatoms. The van der Waals surface area contributed by atoms with E-state index in [0.29, 0.717) is 6.42 Å². The van der Waals surface area contributed by atoms with Crippen LogP contribution in [0.25, 0.3) is 0 Å². The van der Waals surface area contributed by atoms with E-state index in [9.17, 15) is 18.0 Å². The maximum absolute atomic E-state index is 12.2. The number of rotatable bonds is 6. The van der Waals surface area contributed by atoms with Crippen molar-refractivity contribution in [3.05, 3.63) is 23.8 Å². The molecule has 0 aromatic heterocycles. The molecule has 3 N–H and O–H groups in total. The van der Waals surface area contributed by atoms with Crippen LogP contribution in [0.5, 0.6) is 5.75 Å². The van der Waals surface area contributed by atoms with Crippen molar-refractivity contribution in [2.45, 2.75) is 38.9 Å². The lowest BCUT2D eigenvalue weighted by Gasteiger charge is -2.15. The number of nitrogens with two attached hydrogens (primary N) is 1. The third-order valence-electron chi connectivity index (χ3n) is 2.63. The molecule has 22 heavy (non-hydrogen) atoms. The van der Waals surface area contributed by atoms with Crippen LogP contribution in [0, 0.1) is 6.92 Å². The Balaban J connectivity index is 0.00000441. The van der Waals surface area contributed by atoms with Gasteiger partial charge in [0, 0.05) is 12.5 Å². The van der Waals surface area contributed by atoms with Crippen LogP contribution >= 0.6 is 12.4 Å². The summed E-state index contributed by atoms with van der Waals surface area (Å²) in [6.07, 6.45) is -3.74. The van der Waals surface area contributed by atoms with Crippen LogP contribution in [0.2, 0.25) is 0 Å². The summed E-state index contributed by atoms with van der Waals surface area (Å²) in [5.74, 6) is -0.311. The third-order valence-corrected chi connectivity index (χ3v) is 2.63. The first-order chi connectivity index (χ1) is 9.67. The van der Waals surface area contributed by atoms with E-state index in [4.69, 9.17) is 10.5 Å². The van der Waals surface area contributed by atoms with E-state index in [2.05, 4.69) is 5.32 Å². The van der Waals surface area contributed by atoms with Crippen molar-refractivity contribution >= 4 is 24.0 Å². The topological polar surface area (TPSA) is 64.4 Å². The van der Waals surface area contributed by atoms with Gasteiger partial charge in [-0.25, -0.2) is 0 Å². The number of amides is 1.